The number of methoxy groups -OCH3 is 1. The van der Waals surface area contributed by atoms with Gasteiger partial charge in [0.15, 0.2) is 0 Å². The van der Waals surface area contributed by atoms with Crippen LogP contribution in [0, 0.1) is 0 Å². The monoisotopic (exact) mass is 422 g/mol. The van der Waals surface area contributed by atoms with Crippen molar-refractivity contribution in [3.8, 4) is 11.5 Å². The third kappa shape index (κ3) is 7.63. The number of unbranched alkanes of at least 4 members (excludes halogenated alkanes) is 1. The normalized spacial score (nSPS) is 11.1. The summed E-state index contributed by atoms with van der Waals surface area (Å²) in [6, 6.07) is 12.8. The fourth-order valence-corrected chi connectivity index (χ4v) is 2.65. The average molecular weight is 423 g/mol. The Hall–Kier alpha value is -2.77. The van der Waals surface area contributed by atoms with Crippen molar-refractivity contribution in [2.24, 2.45) is 5.73 Å². The maximum Gasteiger partial charge on any atom is 0.328 e. The highest BCUT2D eigenvalue weighted by Gasteiger charge is 2.24. The minimum absolute atomic E-state index is 0. The molecular weight excluding hydrogens is 396 g/mol. The highest BCUT2D eigenvalue weighted by Crippen LogP contribution is 2.24. The van der Waals surface area contributed by atoms with E-state index in [4.69, 9.17) is 15.2 Å². The standard InChI is InChI=1S/C21H26N2O5.ClH/c1-27-21(26)18(13-15-7-3-2-4-8-15)23-20(25)17-10-9-16(14-19(17)24)28-12-6-5-11-22;/h2-4,7-10,14,18,24H,5-6,11-13,22H2,1H3,(H,23,25);1H/t18-;/m0./s1. The first-order valence-electron chi connectivity index (χ1n) is 9.13. The van der Waals surface area contributed by atoms with Gasteiger partial charge in [-0.1, -0.05) is 30.3 Å². The zero-order valence-electron chi connectivity index (χ0n) is 16.3. The van der Waals surface area contributed by atoms with Crippen LogP contribution in [-0.2, 0) is 16.0 Å². The number of amides is 1. The molecule has 2 rings (SSSR count). The minimum atomic E-state index is -0.869. The SMILES string of the molecule is COC(=O)[C@H](Cc1ccccc1)NC(=O)c1ccc(OCCCCN)cc1O.Cl. The number of aromatic hydroxyl groups is 1. The van der Waals surface area contributed by atoms with Gasteiger partial charge in [0.25, 0.3) is 5.91 Å². The summed E-state index contributed by atoms with van der Waals surface area (Å²) in [6.45, 7) is 1.07. The van der Waals surface area contributed by atoms with Crippen LogP contribution >= 0.6 is 12.4 Å². The number of hydrogen-bond donors (Lipinski definition) is 3. The van der Waals surface area contributed by atoms with Gasteiger partial charge in [0, 0.05) is 12.5 Å². The number of esters is 1. The lowest BCUT2D eigenvalue weighted by molar-refractivity contribution is -0.142. The predicted octanol–water partition coefficient (Wildman–Crippen LogP) is 2.45. The van der Waals surface area contributed by atoms with Crippen LogP contribution in [-0.4, -0.2) is 43.3 Å². The molecule has 0 saturated heterocycles. The summed E-state index contributed by atoms with van der Waals surface area (Å²) in [7, 11) is 1.26. The fourth-order valence-electron chi connectivity index (χ4n) is 2.65. The van der Waals surface area contributed by atoms with E-state index in [-0.39, 0.29) is 30.1 Å². The van der Waals surface area contributed by atoms with E-state index in [9.17, 15) is 14.7 Å². The lowest BCUT2D eigenvalue weighted by Gasteiger charge is -2.17. The predicted molar refractivity (Wildman–Crippen MR) is 113 cm³/mol. The topological polar surface area (TPSA) is 111 Å². The molecule has 0 aromatic heterocycles. The second kappa shape index (κ2) is 12.6. The van der Waals surface area contributed by atoms with Gasteiger partial charge in [-0.25, -0.2) is 4.79 Å². The van der Waals surface area contributed by atoms with Crippen molar-refractivity contribution < 1.29 is 24.2 Å². The molecule has 8 heteroatoms. The quantitative estimate of drug-likeness (QED) is 0.400. The molecule has 158 valence electrons. The van der Waals surface area contributed by atoms with Crippen LogP contribution in [0.15, 0.2) is 48.5 Å². The number of phenols is 1. The number of phenolic OH excluding ortho intramolecular Hbond substituents is 1. The molecule has 0 radical (unpaired) electrons. The molecule has 7 nitrogen and oxygen atoms in total. The van der Waals surface area contributed by atoms with Crippen molar-refractivity contribution in [2.75, 3.05) is 20.3 Å². The van der Waals surface area contributed by atoms with Gasteiger partial charge in [-0.3, -0.25) is 4.79 Å². The summed E-state index contributed by atoms with van der Waals surface area (Å²) in [4.78, 5) is 24.6. The van der Waals surface area contributed by atoms with Crippen molar-refractivity contribution in [1.29, 1.82) is 0 Å². The summed E-state index contributed by atoms with van der Waals surface area (Å²) in [5.74, 6) is -0.896. The Morgan fingerprint density at radius 1 is 1.14 bits per heavy atom. The van der Waals surface area contributed by atoms with Gasteiger partial charge in [0.05, 0.1) is 19.3 Å². The molecule has 2 aromatic rings. The lowest BCUT2D eigenvalue weighted by Crippen LogP contribution is -2.43. The number of benzene rings is 2. The number of carbonyl (C=O) groups is 2. The number of carbonyl (C=O) groups excluding carboxylic acids is 2. The van der Waals surface area contributed by atoms with Gasteiger partial charge in [0.1, 0.15) is 17.5 Å². The Labute approximate surface area is 176 Å². The van der Waals surface area contributed by atoms with Crippen molar-refractivity contribution in [3.05, 3.63) is 59.7 Å². The zero-order valence-corrected chi connectivity index (χ0v) is 17.1. The van der Waals surface area contributed by atoms with Gasteiger partial charge >= 0.3 is 5.97 Å². The Morgan fingerprint density at radius 2 is 1.86 bits per heavy atom. The zero-order chi connectivity index (χ0) is 20.4. The van der Waals surface area contributed by atoms with Crippen molar-refractivity contribution in [2.45, 2.75) is 25.3 Å². The smallest absolute Gasteiger partial charge is 0.328 e. The highest BCUT2D eigenvalue weighted by molar-refractivity contribution is 5.99. The number of hydrogen-bond acceptors (Lipinski definition) is 6. The number of ether oxygens (including phenoxy) is 2. The molecule has 29 heavy (non-hydrogen) atoms. The molecule has 4 N–H and O–H groups in total. The first-order chi connectivity index (χ1) is 13.5. The summed E-state index contributed by atoms with van der Waals surface area (Å²) >= 11 is 0. The molecule has 0 aliphatic heterocycles. The summed E-state index contributed by atoms with van der Waals surface area (Å²) in [5.41, 5.74) is 6.36. The van der Waals surface area contributed by atoms with E-state index in [2.05, 4.69) is 5.32 Å². The molecule has 0 bridgehead atoms. The molecule has 0 saturated carbocycles. The van der Waals surface area contributed by atoms with E-state index in [0.717, 1.165) is 18.4 Å². The first kappa shape index (κ1) is 24.3. The van der Waals surface area contributed by atoms with Crippen molar-refractivity contribution in [1.82, 2.24) is 5.32 Å². The van der Waals surface area contributed by atoms with Crippen LogP contribution < -0.4 is 15.8 Å². The Balaban J connectivity index is 0.00000420. The van der Waals surface area contributed by atoms with Crippen LogP contribution in [0.3, 0.4) is 0 Å². The van der Waals surface area contributed by atoms with E-state index in [1.807, 2.05) is 30.3 Å². The first-order valence-corrected chi connectivity index (χ1v) is 9.13. The maximum absolute atomic E-state index is 12.6. The van der Waals surface area contributed by atoms with Crippen LogP contribution in [0.5, 0.6) is 11.5 Å². The molecule has 1 atom stereocenters. The molecule has 0 aliphatic rings. The highest BCUT2D eigenvalue weighted by atomic mass is 35.5. The van der Waals surface area contributed by atoms with E-state index >= 15 is 0 Å². The number of nitrogens with two attached hydrogens (primary N) is 1. The molecular formula is C21H27ClN2O5. The van der Waals surface area contributed by atoms with E-state index < -0.39 is 17.9 Å². The van der Waals surface area contributed by atoms with Gasteiger partial charge in [0.2, 0.25) is 0 Å². The largest absolute Gasteiger partial charge is 0.507 e. The average Bonchev–Trinajstić information content (AvgIpc) is 2.71. The molecule has 0 fully saturated rings. The van der Waals surface area contributed by atoms with Crippen LogP contribution in [0.25, 0.3) is 0 Å². The summed E-state index contributed by atoms with van der Waals surface area (Å²) in [6.07, 6.45) is 1.94. The second-order valence-corrected chi connectivity index (χ2v) is 6.26. The molecule has 0 spiro atoms. The lowest BCUT2D eigenvalue weighted by atomic mass is 10.1. The van der Waals surface area contributed by atoms with E-state index in [1.165, 1.54) is 19.2 Å². The fraction of sp³-hybridized carbons (Fsp3) is 0.333. The van der Waals surface area contributed by atoms with Crippen LogP contribution in [0.1, 0.15) is 28.8 Å². The minimum Gasteiger partial charge on any atom is -0.507 e. The van der Waals surface area contributed by atoms with Crippen LogP contribution in [0.2, 0.25) is 0 Å². The number of halogens is 1. The molecule has 2 aromatic carbocycles. The van der Waals surface area contributed by atoms with Gasteiger partial charge in [-0.05, 0) is 37.1 Å². The maximum atomic E-state index is 12.6. The third-order valence-corrected chi connectivity index (χ3v) is 4.15. The van der Waals surface area contributed by atoms with E-state index in [0.29, 0.717) is 18.9 Å². The Morgan fingerprint density at radius 3 is 2.48 bits per heavy atom. The Kier molecular flexibility index (Phi) is 10.6. The van der Waals surface area contributed by atoms with Gasteiger partial charge < -0.3 is 25.6 Å². The summed E-state index contributed by atoms with van der Waals surface area (Å²) < 4.78 is 10.3. The van der Waals surface area contributed by atoms with E-state index in [1.54, 1.807) is 6.07 Å². The Bertz CT molecular complexity index is 786. The number of nitrogens with one attached hydrogen (secondary N) is 1. The molecule has 0 heterocycles. The van der Waals surface area contributed by atoms with Gasteiger partial charge in [-0.2, -0.15) is 0 Å². The van der Waals surface area contributed by atoms with Crippen molar-refractivity contribution >= 4 is 24.3 Å². The van der Waals surface area contributed by atoms with Crippen molar-refractivity contribution in [3.63, 3.8) is 0 Å². The third-order valence-electron chi connectivity index (χ3n) is 4.15. The molecule has 1 amide bonds. The summed E-state index contributed by atoms with van der Waals surface area (Å²) in [5, 5.41) is 12.8. The number of rotatable bonds is 10. The second-order valence-electron chi connectivity index (χ2n) is 6.26. The molecule has 0 aliphatic carbocycles. The van der Waals surface area contributed by atoms with Gasteiger partial charge in [-0.15, -0.1) is 12.4 Å². The van der Waals surface area contributed by atoms with Crippen LogP contribution in [0.4, 0.5) is 0 Å². The molecule has 0 unspecified atom stereocenters.